The number of carbonyl (C=O) groups excluding carboxylic acids is 1. The summed E-state index contributed by atoms with van der Waals surface area (Å²) in [6, 6.07) is 0.478. The molecule has 0 bridgehead atoms. The van der Waals surface area contributed by atoms with Gasteiger partial charge < -0.3 is 5.32 Å². The Balaban J connectivity index is 1.75. The second-order valence-corrected chi connectivity index (χ2v) is 5.67. The number of carbonyl (C=O) groups is 1. The predicted molar refractivity (Wildman–Crippen MR) is 70.7 cm³/mol. The van der Waals surface area contributed by atoms with Crippen LogP contribution in [0, 0.1) is 11.8 Å². The third-order valence-electron chi connectivity index (χ3n) is 4.28. The summed E-state index contributed by atoms with van der Waals surface area (Å²) in [5.74, 6) is 1.83. The Labute approximate surface area is 105 Å². The second-order valence-electron chi connectivity index (χ2n) is 5.67. The molecule has 0 heterocycles. The van der Waals surface area contributed by atoms with Crippen molar-refractivity contribution in [2.45, 2.75) is 64.8 Å². The van der Waals surface area contributed by atoms with Crippen molar-refractivity contribution in [3.8, 4) is 0 Å². The van der Waals surface area contributed by atoms with Gasteiger partial charge in [-0.2, -0.15) is 0 Å². The summed E-state index contributed by atoms with van der Waals surface area (Å²) in [6.07, 6.45) is 11.2. The molecule has 2 unspecified atom stereocenters. The van der Waals surface area contributed by atoms with Gasteiger partial charge in [-0.25, -0.2) is 0 Å². The van der Waals surface area contributed by atoms with Gasteiger partial charge in [0, 0.05) is 11.6 Å². The molecule has 2 fully saturated rings. The maximum atomic E-state index is 11.8. The Kier molecular flexibility index (Phi) is 4.25. The summed E-state index contributed by atoms with van der Waals surface area (Å²) in [5.41, 5.74) is 0.877. The molecular formula is C15H25NO. The fourth-order valence-corrected chi connectivity index (χ4v) is 3.15. The molecule has 2 aliphatic carbocycles. The van der Waals surface area contributed by atoms with Crippen LogP contribution in [0.15, 0.2) is 11.6 Å². The van der Waals surface area contributed by atoms with Gasteiger partial charge >= 0.3 is 0 Å². The van der Waals surface area contributed by atoms with Gasteiger partial charge in [-0.1, -0.05) is 45.1 Å². The average molecular weight is 235 g/mol. The van der Waals surface area contributed by atoms with Crippen molar-refractivity contribution in [2.24, 2.45) is 11.8 Å². The van der Waals surface area contributed by atoms with Gasteiger partial charge in [-0.15, -0.1) is 0 Å². The number of nitrogens with one attached hydrogen (secondary N) is 1. The number of allylic oxidation sites excluding steroid dienone is 1. The van der Waals surface area contributed by atoms with E-state index in [1.807, 2.05) is 13.0 Å². The minimum Gasteiger partial charge on any atom is -0.349 e. The summed E-state index contributed by atoms with van der Waals surface area (Å²) >= 11 is 0. The molecule has 0 aromatic carbocycles. The van der Waals surface area contributed by atoms with Crippen LogP contribution in [0.25, 0.3) is 0 Å². The lowest BCUT2D eigenvalue weighted by Gasteiger charge is -2.21. The fourth-order valence-electron chi connectivity index (χ4n) is 3.15. The SMILES string of the molecule is CC/C=C(\C)C(=O)NC1CC1C1CCCCC1. The summed E-state index contributed by atoms with van der Waals surface area (Å²) in [5, 5.41) is 3.18. The number of hydrogen-bond acceptors (Lipinski definition) is 1. The average Bonchev–Trinajstić information content (AvgIpc) is 3.10. The molecule has 2 saturated carbocycles. The lowest BCUT2D eigenvalue weighted by molar-refractivity contribution is -0.117. The Morgan fingerprint density at radius 3 is 2.65 bits per heavy atom. The molecule has 0 aromatic heterocycles. The van der Waals surface area contributed by atoms with E-state index >= 15 is 0 Å². The summed E-state index contributed by atoms with van der Waals surface area (Å²) in [4.78, 5) is 11.8. The van der Waals surface area contributed by atoms with Gasteiger partial charge in [0.15, 0.2) is 0 Å². The molecule has 2 atom stereocenters. The van der Waals surface area contributed by atoms with Crippen LogP contribution in [0.2, 0.25) is 0 Å². The predicted octanol–water partition coefficient (Wildman–Crippen LogP) is 3.43. The van der Waals surface area contributed by atoms with E-state index in [0.717, 1.165) is 23.8 Å². The quantitative estimate of drug-likeness (QED) is 0.743. The van der Waals surface area contributed by atoms with Crippen molar-refractivity contribution in [3.63, 3.8) is 0 Å². The van der Waals surface area contributed by atoms with Gasteiger partial charge in [0.1, 0.15) is 0 Å². The first-order chi connectivity index (χ1) is 8.22. The van der Waals surface area contributed by atoms with E-state index in [1.54, 1.807) is 0 Å². The van der Waals surface area contributed by atoms with Gasteiger partial charge in [-0.05, 0) is 31.6 Å². The molecule has 0 aliphatic heterocycles. The molecule has 1 amide bonds. The van der Waals surface area contributed by atoms with Gasteiger partial charge in [0.25, 0.3) is 0 Å². The van der Waals surface area contributed by atoms with Crippen LogP contribution in [-0.4, -0.2) is 11.9 Å². The number of hydrogen-bond donors (Lipinski definition) is 1. The molecule has 96 valence electrons. The fraction of sp³-hybridized carbons (Fsp3) is 0.800. The zero-order valence-corrected chi connectivity index (χ0v) is 11.2. The van der Waals surface area contributed by atoms with Crippen LogP contribution < -0.4 is 5.32 Å². The van der Waals surface area contributed by atoms with Gasteiger partial charge in [0.2, 0.25) is 5.91 Å². The molecule has 17 heavy (non-hydrogen) atoms. The zero-order chi connectivity index (χ0) is 12.3. The molecule has 0 aromatic rings. The smallest absolute Gasteiger partial charge is 0.246 e. The molecule has 0 saturated heterocycles. The highest BCUT2D eigenvalue weighted by atomic mass is 16.1. The number of amides is 1. The first-order valence-corrected chi connectivity index (χ1v) is 7.20. The summed E-state index contributed by atoms with van der Waals surface area (Å²) < 4.78 is 0. The van der Waals surface area contributed by atoms with Crippen LogP contribution in [0.1, 0.15) is 58.8 Å². The minimum absolute atomic E-state index is 0.148. The van der Waals surface area contributed by atoms with Gasteiger partial charge in [0.05, 0.1) is 0 Å². The molecule has 0 radical (unpaired) electrons. The topological polar surface area (TPSA) is 29.1 Å². The van der Waals surface area contributed by atoms with Crippen molar-refractivity contribution < 1.29 is 4.79 Å². The standard InChI is InChI=1S/C15H25NO/c1-3-7-11(2)15(17)16-14-10-13(14)12-8-5-4-6-9-12/h7,12-14H,3-6,8-10H2,1-2H3,(H,16,17)/b11-7+. The molecule has 2 nitrogen and oxygen atoms in total. The van der Waals surface area contributed by atoms with E-state index in [2.05, 4.69) is 12.2 Å². The molecular weight excluding hydrogens is 210 g/mol. The maximum absolute atomic E-state index is 11.8. The Hall–Kier alpha value is -0.790. The summed E-state index contributed by atoms with van der Waals surface area (Å²) in [7, 11) is 0. The lowest BCUT2D eigenvalue weighted by atomic mass is 9.85. The van der Waals surface area contributed by atoms with E-state index in [4.69, 9.17) is 0 Å². The Morgan fingerprint density at radius 2 is 2.00 bits per heavy atom. The maximum Gasteiger partial charge on any atom is 0.246 e. The third kappa shape index (κ3) is 3.34. The van der Waals surface area contributed by atoms with Crippen molar-refractivity contribution in [1.29, 1.82) is 0 Å². The molecule has 2 aliphatic rings. The first-order valence-electron chi connectivity index (χ1n) is 7.20. The van der Waals surface area contributed by atoms with Crippen LogP contribution in [0.5, 0.6) is 0 Å². The monoisotopic (exact) mass is 235 g/mol. The highest BCUT2D eigenvalue weighted by molar-refractivity contribution is 5.93. The van der Waals surface area contributed by atoms with E-state index in [9.17, 15) is 4.79 Å². The highest BCUT2D eigenvalue weighted by Gasteiger charge is 2.43. The molecule has 0 spiro atoms. The second kappa shape index (κ2) is 5.70. The lowest BCUT2D eigenvalue weighted by Crippen LogP contribution is -2.29. The van der Waals surface area contributed by atoms with Crippen LogP contribution in [0.3, 0.4) is 0 Å². The first kappa shape index (κ1) is 12.7. The minimum atomic E-state index is 0.148. The normalized spacial score (nSPS) is 30.1. The van der Waals surface area contributed by atoms with Crippen molar-refractivity contribution in [1.82, 2.24) is 5.32 Å². The number of rotatable bonds is 4. The third-order valence-corrected chi connectivity index (χ3v) is 4.28. The van der Waals surface area contributed by atoms with Crippen molar-refractivity contribution >= 4 is 5.91 Å². The van der Waals surface area contributed by atoms with E-state index in [1.165, 1.54) is 38.5 Å². The van der Waals surface area contributed by atoms with Crippen molar-refractivity contribution in [2.75, 3.05) is 0 Å². The zero-order valence-electron chi connectivity index (χ0n) is 11.2. The molecule has 2 rings (SSSR count). The Morgan fingerprint density at radius 1 is 1.29 bits per heavy atom. The Bertz CT molecular complexity index is 302. The van der Waals surface area contributed by atoms with Crippen LogP contribution in [-0.2, 0) is 4.79 Å². The van der Waals surface area contributed by atoms with Gasteiger partial charge in [-0.3, -0.25) is 4.79 Å². The molecule has 2 heteroatoms. The van der Waals surface area contributed by atoms with E-state index in [0.29, 0.717) is 6.04 Å². The largest absolute Gasteiger partial charge is 0.349 e. The van der Waals surface area contributed by atoms with Crippen LogP contribution in [0.4, 0.5) is 0 Å². The van der Waals surface area contributed by atoms with E-state index in [-0.39, 0.29) is 5.91 Å². The van der Waals surface area contributed by atoms with E-state index < -0.39 is 0 Å². The van der Waals surface area contributed by atoms with Crippen molar-refractivity contribution in [3.05, 3.63) is 11.6 Å². The van der Waals surface area contributed by atoms with Crippen LogP contribution >= 0.6 is 0 Å². The molecule has 1 N–H and O–H groups in total. The highest BCUT2D eigenvalue weighted by Crippen LogP contribution is 2.44. The summed E-state index contributed by atoms with van der Waals surface area (Å²) in [6.45, 7) is 3.98.